The van der Waals surface area contributed by atoms with Gasteiger partial charge in [-0.15, -0.1) is 0 Å². The Morgan fingerprint density at radius 3 is 1.92 bits per heavy atom. The summed E-state index contributed by atoms with van der Waals surface area (Å²) in [5.74, 6) is 0.845. The lowest BCUT2D eigenvalue weighted by Crippen LogP contribution is -2.28. The van der Waals surface area contributed by atoms with Gasteiger partial charge in [0.2, 0.25) is 0 Å². The average molecular weight is 644 g/mol. The number of aliphatic imine (C=N–C) groups is 2. The Labute approximate surface area is 292 Å². The Morgan fingerprint density at radius 2 is 1.26 bits per heavy atom. The smallest absolute Gasteiger partial charge is 0.161 e. The zero-order valence-corrected chi connectivity index (χ0v) is 27.3. The Hall–Kier alpha value is -6.72. The van der Waals surface area contributed by atoms with Gasteiger partial charge in [-0.1, -0.05) is 140 Å². The van der Waals surface area contributed by atoms with Gasteiger partial charge in [0, 0.05) is 28.0 Å². The standard InChI is InChI=1S/C45H33N5/c1-3-15-35-34-20-11-13-25-40(34)50(43(35)47)33-28-26-30(27-29-33)44(48-2)49-42(46)37-22-14-24-39-41(37)36-21-10-12-23-38(36)45(39,31-16-6-4-7-17-31)32-18-8-5-9-19-32/h3-29,46-47H,1-2H2/b35-15-,46-42?,47-43?,49-44?. The van der Waals surface area contributed by atoms with Crippen molar-refractivity contribution in [3.05, 3.63) is 209 Å². The van der Waals surface area contributed by atoms with E-state index in [9.17, 15) is 5.41 Å². The predicted octanol–water partition coefficient (Wildman–Crippen LogP) is 10.2. The van der Waals surface area contributed by atoms with Gasteiger partial charge in [-0.25, -0.2) is 9.98 Å². The Morgan fingerprint density at radius 1 is 0.660 bits per heavy atom. The van der Waals surface area contributed by atoms with Crippen LogP contribution in [-0.4, -0.2) is 24.2 Å². The van der Waals surface area contributed by atoms with Gasteiger partial charge in [-0.05, 0) is 70.4 Å². The molecule has 0 spiro atoms. The number of rotatable bonds is 6. The molecular weight excluding hydrogens is 611 g/mol. The van der Waals surface area contributed by atoms with Crippen molar-refractivity contribution in [3.8, 4) is 11.1 Å². The zero-order chi connectivity index (χ0) is 34.2. The molecule has 0 fully saturated rings. The van der Waals surface area contributed by atoms with E-state index < -0.39 is 5.41 Å². The van der Waals surface area contributed by atoms with Gasteiger partial charge in [-0.3, -0.25) is 15.7 Å². The van der Waals surface area contributed by atoms with E-state index in [4.69, 9.17) is 10.4 Å². The monoisotopic (exact) mass is 643 g/mol. The van der Waals surface area contributed by atoms with Crippen molar-refractivity contribution >= 4 is 41.2 Å². The van der Waals surface area contributed by atoms with Crippen LogP contribution in [0.2, 0.25) is 0 Å². The highest BCUT2D eigenvalue weighted by Gasteiger charge is 2.46. The maximum Gasteiger partial charge on any atom is 0.161 e. The normalized spacial score (nSPS) is 15.0. The van der Waals surface area contributed by atoms with E-state index in [2.05, 4.69) is 97.2 Å². The second kappa shape index (κ2) is 12.4. The summed E-state index contributed by atoms with van der Waals surface area (Å²) in [6, 6.07) is 51.7. The first-order valence-electron chi connectivity index (χ1n) is 16.5. The number of allylic oxidation sites excluding steroid dienone is 2. The van der Waals surface area contributed by atoms with Crippen molar-refractivity contribution < 1.29 is 0 Å². The van der Waals surface area contributed by atoms with E-state index in [-0.39, 0.29) is 5.84 Å². The van der Waals surface area contributed by atoms with Gasteiger partial charge in [0.15, 0.2) is 11.7 Å². The highest BCUT2D eigenvalue weighted by Crippen LogP contribution is 2.57. The molecule has 50 heavy (non-hydrogen) atoms. The van der Waals surface area contributed by atoms with Crippen molar-refractivity contribution in [2.45, 2.75) is 5.41 Å². The van der Waals surface area contributed by atoms with E-state index in [1.165, 1.54) is 16.7 Å². The van der Waals surface area contributed by atoms with Crippen LogP contribution in [0.15, 0.2) is 180 Å². The van der Waals surface area contributed by atoms with Gasteiger partial charge in [-0.2, -0.15) is 0 Å². The molecule has 0 unspecified atom stereocenters. The Balaban J connectivity index is 1.21. The van der Waals surface area contributed by atoms with E-state index >= 15 is 0 Å². The summed E-state index contributed by atoms with van der Waals surface area (Å²) < 4.78 is 0. The minimum absolute atomic E-state index is 0.106. The molecule has 0 radical (unpaired) electrons. The highest BCUT2D eigenvalue weighted by molar-refractivity contribution is 6.36. The van der Waals surface area contributed by atoms with Crippen LogP contribution in [0.4, 0.5) is 11.4 Å². The van der Waals surface area contributed by atoms with Crippen LogP contribution in [0.5, 0.6) is 0 Å². The number of nitrogens with one attached hydrogen (secondary N) is 2. The lowest BCUT2D eigenvalue weighted by atomic mass is 9.67. The molecule has 0 amide bonds. The predicted molar refractivity (Wildman–Crippen MR) is 208 cm³/mol. The molecule has 1 aliphatic heterocycles. The summed E-state index contributed by atoms with van der Waals surface area (Å²) in [6.45, 7) is 7.67. The van der Waals surface area contributed by atoms with Crippen LogP contribution in [0.3, 0.4) is 0 Å². The third kappa shape index (κ3) is 4.63. The minimum Gasteiger partial charge on any atom is -0.294 e. The average Bonchev–Trinajstić information content (AvgIpc) is 3.64. The molecule has 0 atom stereocenters. The molecule has 2 N–H and O–H groups in total. The second-order valence-electron chi connectivity index (χ2n) is 12.3. The molecule has 0 saturated carbocycles. The summed E-state index contributed by atoms with van der Waals surface area (Å²) in [5.41, 5.74) is 11.2. The molecule has 6 aromatic carbocycles. The van der Waals surface area contributed by atoms with Crippen molar-refractivity contribution in [1.82, 2.24) is 0 Å². The molecule has 238 valence electrons. The van der Waals surface area contributed by atoms with Crippen LogP contribution in [0.1, 0.15) is 38.9 Å². The Kier molecular flexibility index (Phi) is 7.58. The molecule has 2 aliphatic rings. The summed E-state index contributed by atoms with van der Waals surface area (Å²) in [6.07, 6.45) is 3.58. The molecule has 5 nitrogen and oxygen atoms in total. The van der Waals surface area contributed by atoms with E-state index in [0.717, 1.165) is 50.3 Å². The largest absolute Gasteiger partial charge is 0.294 e. The first-order valence-corrected chi connectivity index (χ1v) is 16.5. The van der Waals surface area contributed by atoms with E-state index in [1.807, 2.05) is 83.8 Å². The highest BCUT2D eigenvalue weighted by atomic mass is 15.2. The van der Waals surface area contributed by atoms with Crippen LogP contribution in [-0.2, 0) is 5.41 Å². The van der Waals surface area contributed by atoms with Crippen LogP contribution >= 0.6 is 0 Å². The van der Waals surface area contributed by atoms with Gasteiger partial charge in [0.1, 0.15) is 5.84 Å². The number of nitrogens with zero attached hydrogens (tertiary/aromatic N) is 3. The van der Waals surface area contributed by atoms with Gasteiger partial charge in [0.25, 0.3) is 0 Å². The third-order valence-corrected chi connectivity index (χ3v) is 9.69. The molecular formula is C45H33N5. The van der Waals surface area contributed by atoms with Crippen molar-refractivity contribution in [2.75, 3.05) is 4.90 Å². The number of anilines is 2. The summed E-state index contributed by atoms with van der Waals surface area (Å²) >= 11 is 0. The quantitative estimate of drug-likeness (QED) is 0.137. The first kappa shape index (κ1) is 30.6. The first-order chi connectivity index (χ1) is 24.6. The van der Waals surface area contributed by atoms with E-state index in [0.29, 0.717) is 11.7 Å². The third-order valence-electron chi connectivity index (χ3n) is 9.69. The van der Waals surface area contributed by atoms with Crippen molar-refractivity contribution in [3.63, 3.8) is 0 Å². The van der Waals surface area contributed by atoms with Crippen molar-refractivity contribution in [1.29, 1.82) is 10.8 Å². The molecule has 6 aromatic rings. The fraction of sp³-hybridized carbons (Fsp3) is 0.0222. The van der Waals surface area contributed by atoms with Crippen LogP contribution < -0.4 is 4.90 Å². The fourth-order valence-corrected chi connectivity index (χ4v) is 7.63. The fourth-order valence-electron chi connectivity index (χ4n) is 7.63. The number of fused-ring (bicyclic) bond motifs is 4. The maximum absolute atomic E-state index is 9.38. The topological polar surface area (TPSA) is 75.7 Å². The summed E-state index contributed by atoms with van der Waals surface area (Å²) in [7, 11) is 0. The van der Waals surface area contributed by atoms with Gasteiger partial charge >= 0.3 is 0 Å². The van der Waals surface area contributed by atoms with Gasteiger partial charge < -0.3 is 0 Å². The zero-order valence-electron chi connectivity index (χ0n) is 27.3. The van der Waals surface area contributed by atoms with Crippen LogP contribution in [0.25, 0.3) is 16.7 Å². The number of benzene rings is 6. The number of amidine groups is 3. The van der Waals surface area contributed by atoms with Crippen LogP contribution in [0, 0.1) is 10.8 Å². The molecule has 5 heteroatoms. The molecule has 0 aromatic heterocycles. The second-order valence-corrected chi connectivity index (χ2v) is 12.3. The molecule has 1 heterocycles. The van der Waals surface area contributed by atoms with Crippen molar-refractivity contribution in [2.24, 2.45) is 9.98 Å². The van der Waals surface area contributed by atoms with E-state index in [1.54, 1.807) is 6.08 Å². The summed E-state index contributed by atoms with van der Waals surface area (Å²) in [4.78, 5) is 11.0. The molecule has 1 aliphatic carbocycles. The lowest BCUT2D eigenvalue weighted by molar-refractivity contribution is 0.768. The Bertz CT molecular complexity index is 2350. The molecule has 0 saturated heterocycles. The molecule has 8 rings (SSSR count). The maximum atomic E-state index is 9.38. The number of hydrogen-bond acceptors (Lipinski definition) is 2. The SMILES string of the molecule is C=C/C=C1\C(=N)N(c2ccc(C(N=C)=NC(=N)c3cccc4c3-c3ccccc3C4(c3ccccc3)c3ccccc3)cc2)c2ccccc21. The minimum atomic E-state index is -0.563. The number of para-hydroxylation sites is 1. The summed E-state index contributed by atoms with van der Waals surface area (Å²) in [5, 5.41) is 18.3. The molecule has 0 bridgehead atoms. The lowest BCUT2D eigenvalue weighted by Gasteiger charge is -2.33. The number of hydrogen-bond donors (Lipinski definition) is 2. The van der Waals surface area contributed by atoms with Gasteiger partial charge in [0.05, 0.1) is 11.1 Å².